The second-order valence-corrected chi connectivity index (χ2v) is 7.00. The van der Waals surface area contributed by atoms with E-state index in [1.54, 1.807) is 11.1 Å². The summed E-state index contributed by atoms with van der Waals surface area (Å²) in [5, 5.41) is 3.50. The lowest BCUT2D eigenvalue weighted by molar-refractivity contribution is -0.0170. The second-order valence-electron chi connectivity index (χ2n) is 7.00. The van der Waals surface area contributed by atoms with Crippen molar-refractivity contribution in [3.8, 4) is 0 Å². The van der Waals surface area contributed by atoms with E-state index in [2.05, 4.69) is 5.10 Å². The normalized spacial score (nSPS) is 16.5. The third kappa shape index (κ3) is 5.85. The maximum Gasteiger partial charge on any atom is 0.410 e. The molecule has 2 rings (SSSR count). The highest BCUT2D eigenvalue weighted by Crippen LogP contribution is 2.18. The summed E-state index contributed by atoms with van der Waals surface area (Å²) in [6.07, 6.45) is 3.21. The molecule has 1 heterocycles. The minimum atomic E-state index is -0.453. The SMILES string of the molecule is CC(C)(C)OC(=O)N1CCC(OCc2ccc(C=NN)cc2)CC1. The monoisotopic (exact) mass is 333 g/mol. The van der Waals surface area contributed by atoms with Gasteiger partial charge in [-0.1, -0.05) is 24.3 Å². The predicted octanol–water partition coefficient (Wildman–Crippen LogP) is 2.90. The summed E-state index contributed by atoms with van der Waals surface area (Å²) in [6, 6.07) is 7.93. The molecule has 1 fully saturated rings. The molecule has 1 aromatic carbocycles. The number of carbonyl (C=O) groups excluding carboxylic acids is 1. The predicted molar refractivity (Wildman–Crippen MR) is 93.8 cm³/mol. The van der Waals surface area contributed by atoms with Crippen LogP contribution in [0.4, 0.5) is 4.79 Å². The van der Waals surface area contributed by atoms with Crippen LogP contribution in [-0.4, -0.2) is 42.0 Å². The van der Waals surface area contributed by atoms with Gasteiger partial charge in [-0.2, -0.15) is 5.10 Å². The van der Waals surface area contributed by atoms with Gasteiger partial charge in [-0.15, -0.1) is 0 Å². The van der Waals surface area contributed by atoms with Gasteiger partial charge >= 0.3 is 6.09 Å². The second kappa shape index (κ2) is 8.15. The topological polar surface area (TPSA) is 77.1 Å². The van der Waals surface area contributed by atoms with Crippen molar-refractivity contribution in [1.82, 2.24) is 4.90 Å². The third-order valence-electron chi connectivity index (χ3n) is 3.78. The fourth-order valence-electron chi connectivity index (χ4n) is 2.53. The molecule has 0 aromatic heterocycles. The van der Waals surface area contributed by atoms with Crippen LogP contribution >= 0.6 is 0 Å². The van der Waals surface area contributed by atoms with Gasteiger partial charge in [0.05, 0.1) is 18.9 Å². The number of carbonyl (C=O) groups is 1. The first kappa shape index (κ1) is 18.3. The average molecular weight is 333 g/mol. The van der Waals surface area contributed by atoms with E-state index in [9.17, 15) is 4.79 Å². The number of piperidine rings is 1. The van der Waals surface area contributed by atoms with Crippen molar-refractivity contribution in [1.29, 1.82) is 0 Å². The number of likely N-dealkylation sites (tertiary alicyclic amines) is 1. The zero-order valence-electron chi connectivity index (χ0n) is 14.7. The van der Waals surface area contributed by atoms with Crippen molar-refractivity contribution in [2.45, 2.75) is 51.9 Å². The Kier molecular flexibility index (Phi) is 6.20. The highest BCUT2D eigenvalue weighted by molar-refractivity contribution is 5.79. The van der Waals surface area contributed by atoms with E-state index in [1.165, 1.54) is 0 Å². The van der Waals surface area contributed by atoms with Crippen LogP contribution in [0.15, 0.2) is 29.4 Å². The number of hydrazone groups is 1. The lowest BCUT2D eigenvalue weighted by Gasteiger charge is -2.33. The summed E-state index contributed by atoms with van der Waals surface area (Å²) in [7, 11) is 0. The molecule has 6 heteroatoms. The van der Waals surface area contributed by atoms with Crippen LogP contribution in [0, 0.1) is 0 Å². The highest BCUT2D eigenvalue weighted by Gasteiger charge is 2.27. The first-order chi connectivity index (χ1) is 11.4. The van der Waals surface area contributed by atoms with Gasteiger partial charge in [0.2, 0.25) is 0 Å². The number of ether oxygens (including phenoxy) is 2. The van der Waals surface area contributed by atoms with Gasteiger partial charge in [0, 0.05) is 13.1 Å². The molecular weight excluding hydrogens is 306 g/mol. The quantitative estimate of drug-likeness (QED) is 0.522. The summed E-state index contributed by atoms with van der Waals surface area (Å²) in [5.74, 6) is 5.13. The first-order valence-electron chi connectivity index (χ1n) is 8.29. The van der Waals surface area contributed by atoms with E-state index >= 15 is 0 Å². The van der Waals surface area contributed by atoms with Gasteiger partial charge in [0.15, 0.2) is 0 Å². The van der Waals surface area contributed by atoms with Crippen LogP contribution in [0.3, 0.4) is 0 Å². The van der Waals surface area contributed by atoms with Crippen LogP contribution in [0.1, 0.15) is 44.7 Å². The van der Waals surface area contributed by atoms with Gasteiger partial charge in [0.25, 0.3) is 0 Å². The van der Waals surface area contributed by atoms with E-state index in [0.717, 1.165) is 24.0 Å². The van der Waals surface area contributed by atoms with Crippen LogP contribution < -0.4 is 5.84 Å². The van der Waals surface area contributed by atoms with E-state index in [0.29, 0.717) is 19.7 Å². The largest absolute Gasteiger partial charge is 0.444 e. The maximum absolute atomic E-state index is 12.0. The van der Waals surface area contributed by atoms with Crippen molar-refractivity contribution in [2.24, 2.45) is 10.9 Å². The summed E-state index contributed by atoms with van der Waals surface area (Å²) in [5.41, 5.74) is 1.62. The Balaban J connectivity index is 1.74. The zero-order chi connectivity index (χ0) is 17.6. The van der Waals surface area contributed by atoms with Gasteiger partial charge in [-0.3, -0.25) is 0 Å². The van der Waals surface area contributed by atoms with Crippen molar-refractivity contribution < 1.29 is 14.3 Å². The van der Waals surface area contributed by atoms with Crippen LogP contribution in [0.2, 0.25) is 0 Å². The fourth-order valence-corrected chi connectivity index (χ4v) is 2.53. The number of hydrogen-bond donors (Lipinski definition) is 1. The van der Waals surface area contributed by atoms with Gasteiger partial charge < -0.3 is 20.2 Å². The number of benzene rings is 1. The number of hydrogen-bond acceptors (Lipinski definition) is 5. The Labute approximate surface area is 143 Å². The molecule has 0 saturated carbocycles. The van der Waals surface area contributed by atoms with E-state index in [4.69, 9.17) is 15.3 Å². The van der Waals surface area contributed by atoms with Crippen molar-refractivity contribution >= 4 is 12.3 Å². The molecular formula is C18H27N3O3. The lowest BCUT2D eigenvalue weighted by atomic mass is 10.1. The van der Waals surface area contributed by atoms with Gasteiger partial charge in [-0.05, 0) is 44.7 Å². The molecule has 2 N–H and O–H groups in total. The summed E-state index contributed by atoms with van der Waals surface area (Å²) < 4.78 is 11.4. The lowest BCUT2D eigenvalue weighted by Crippen LogP contribution is -2.43. The van der Waals surface area contributed by atoms with Crippen LogP contribution in [-0.2, 0) is 16.1 Å². The number of nitrogens with two attached hydrogens (primary N) is 1. The molecule has 1 aromatic rings. The Morgan fingerprint density at radius 2 is 1.92 bits per heavy atom. The minimum absolute atomic E-state index is 0.175. The average Bonchev–Trinajstić information content (AvgIpc) is 2.53. The molecule has 0 aliphatic carbocycles. The third-order valence-corrected chi connectivity index (χ3v) is 3.78. The van der Waals surface area contributed by atoms with Gasteiger partial charge in [-0.25, -0.2) is 4.79 Å². The highest BCUT2D eigenvalue weighted by atomic mass is 16.6. The van der Waals surface area contributed by atoms with Crippen molar-refractivity contribution in [2.75, 3.05) is 13.1 Å². The first-order valence-corrected chi connectivity index (χ1v) is 8.29. The zero-order valence-corrected chi connectivity index (χ0v) is 14.7. The van der Waals surface area contributed by atoms with Crippen LogP contribution in [0.5, 0.6) is 0 Å². The van der Waals surface area contributed by atoms with E-state index in [-0.39, 0.29) is 12.2 Å². The Bertz CT molecular complexity index is 556. The molecule has 1 amide bonds. The number of rotatable bonds is 4. The molecule has 0 radical (unpaired) electrons. The maximum atomic E-state index is 12.0. The molecule has 0 atom stereocenters. The van der Waals surface area contributed by atoms with Crippen LogP contribution in [0.25, 0.3) is 0 Å². The molecule has 132 valence electrons. The molecule has 6 nitrogen and oxygen atoms in total. The molecule has 0 unspecified atom stereocenters. The molecule has 1 saturated heterocycles. The Hall–Kier alpha value is -2.08. The fraction of sp³-hybridized carbons (Fsp3) is 0.556. The summed E-state index contributed by atoms with van der Waals surface area (Å²) in [6.45, 7) is 7.55. The molecule has 1 aliphatic heterocycles. The molecule has 24 heavy (non-hydrogen) atoms. The van der Waals surface area contributed by atoms with E-state index in [1.807, 2.05) is 45.0 Å². The molecule has 0 spiro atoms. The minimum Gasteiger partial charge on any atom is -0.444 e. The van der Waals surface area contributed by atoms with Gasteiger partial charge in [0.1, 0.15) is 5.60 Å². The summed E-state index contributed by atoms with van der Waals surface area (Å²) in [4.78, 5) is 13.8. The smallest absolute Gasteiger partial charge is 0.410 e. The number of amides is 1. The standard InChI is InChI=1S/C18H27N3O3/c1-18(2,3)24-17(22)21-10-8-16(9-11-21)23-13-15-6-4-14(5-7-15)12-20-19/h4-7,12,16H,8-11,13,19H2,1-3H3. The van der Waals surface area contributed by atoms with E-state index < -0.39 is 5.60 Å². The van der Waals surface area contributed by atoms with Crippen molar-refractivity contribution in [3.63, 3.8) is 0 Å². The molecule has 1 aliphatic rings. The molecule has 0 bridgehead atoms. The summed E-state index contributed by atoms with van der Waals surface area (Å²) >= 11 is 0. The Morgan fingerprint density at radius 1 is 1.29 bits per heavy atom. The van der Waals surface area contributed by atoms with Crippen molar-refractivity contribution in [3.05, 3.63) is 35.4 Å². The number of nitrogens with zero attached hydrogens (tertiary/aromatic N) is 2. The Morgan fingerprint density at radius 3 is 2.46 bits per heavy atom.